The van der Waals surface area contributed by atoms with E-state index in [-0.39, 0.29) is 5.91 Å². The van der Waals surface area contributed by atoms with Crippen LogP contribution in [0.1, 0.15) is 19.8 Å². The molecule has 0 atom stereocenters. The number of fused-ring (bicyclic) bond motifs is 2. The van der Waals surface area contributed by atoms with Gasteiger partial charge in [0, 0.05) is 43.8 Å². The van der Waals surface area contributed by atoms with Gasteiger partial charge in [-0.25, -0.2) is 9.78 Å². The van der Waals surface area contributed by atoms with Gasteiger partial charge in [-0.05, 0) is 55.2 Å². The molecule has 0 bridgehead atoms. The fourth-order valence-electron chi connectivity index (χ4n) is 4.90. The van der Waals surface area contributed by atoms with Crippen LogP contribution in [0, 0.1) is 5.92 Å². The second-order valence-corrected chi connectivity index (χ2v) is 9.24. The Morgan fingerprint density at radius 2 is 1.97 bits per heavy atom. The molecule has 2 aromatic heterocycles. The van der Waals surface area contributed by atoms with E-state index in [1.54, 1.807) is 25.3 Å². The van der Waals surface area contributed by atoms with Crippen LogP contribution in [0.5, 0.6) is 0 Å². The van der Waals surface area contributed by atoms with Crippen LogP contribution in [0.3, 0.4) is 0 Å². The van der Waals surface area contributed by atoms with Gasteiger partial charge in [-0.3, -0.25) is 9.89 Å². The molecule has 6 rings (SSSR count). The predicted molar refractivity (Wildman–Crippen MR) is 138 cm³/mol. The molecule has 186 valence electrons. The van der Waals surface area contributed by atoms with E-state index in [1.807, 2.05) is 35.4 Å². The first-order valence-corrected chi connectivity index (χ1v) is 12.2. The summed E-state index contributed by atoms with van der Waals surface area (Å²) >= 11 is 0. The van der Waals surface area contributed by atoms with E-state index in [9.17, 15) is 9.59 Å². The van der Waals surface area contributed by atoms with Gasteiger partial charge in [0.1, 0.15) is 5.82 Å². The van der Waals surface area contributed by atoms with Crippen molar-refractivity contribution in [2.45, 2.75) is 19.8 Å². The third-order valence-corrected chi connectivity index (χ3v) is 6.83. The molecule has 11 heteroatoms. The molecule has 2 aliphatic heterocycles. The number of aromatic nitrogens is 4. The molecule has 4 aromatic rings. The van der Waals surface area contributed by atoms with Crippen LogP contribution in [0.25, 0.3) is 10.9 Å². The van der Waals surface area contributed by atoms with Gasteiger partial charge in [0.05, 0.1) is 28.1 Å². The lowest BCUT2D eigenvalue weighted by atomic mass is 9.95. The zero-order chi connectivity index (χ0) is 25.4. The number of benzene rings is 2. The van der Waals surface area contributed by atoms with Gasteiger partial charge in [0.15, 0.2) is 0 Å². The maximum atomic E-state index is 11.8. The van der Waals surface area contributed by atoms with E-state index >= 15 is 0 Å². The number of amides is 3. The average Bonchev–Trinajstić information content (AvgIpc) is 3.53. The minimum atomic E-state index is -0.497. The van der Waals surface area contributed by atoms with Gasteiger partial charge in [-0.15, -0.1) is 0 Å². The smallest absolute Gasteiger partial charge is 0.343 e. The maximum absolute atomic E-state index is 11.8. The van der Waals surface area contributed by atoms with Crippen molar-refractivity contribution in [2.75, 3.05) is 29.9 Å². The molecule has 2 aromatic carbocycles. The van der Waals surface area contributed by atoms with Crippen molar-refractivity contribution in [3.63, 3.8) is 0 Å². The molecular weight excluding hydrogens is 470 g/mol. The van der Waals surface area contributed by atoms with Crippen LogP contribution in [0.15, 0.2) is 64.8 Å². The summed E-state index contributed by atoms with van der Waals surface area (Å²) in [4.78, 5) is 44.5. The monoisotopic (exact) mass is 495 g/mol. The zero-order valence-corrected chi connectivity index (χ0v) is 20.3. The van der Waals surface area contributed by atoms with Crippen molar-refractivity contribution >= 4 is 46.0 Å². The van der Waals surface area contributed by atoms with Gasteiger partial charge < -0.3 is 15.1 Å². The summed E-state index contributed by atoms with van der Waals surface area (Å²) in [6.45, 7) is 3.90. The summed E-state index contributed by atoms with van der Waals surface area (Å²) in [7, 11) is 0. The lowest BCUT2D eigenvalue weighted by Gasteiger charge is -2.35. The Morgan fingerprint density at radius 1 is 1.14 bits per heavy atom. The molecule has 0 spiro atoms. The van der Waals surface area contributed by atoms with E-state index in [0.717, 1.165) is 54.9 Å². The average molecular weight is 496 g/mol. The molecule has 0 aliphatic carbocycles. The summed E-state index contributed by atoms with van der Waals surface area (Å²) in [6, 6.07) is 12.8. The molecule has 0 saturated carbocycles. The summed E-state index contributed by atoms with van der Waals surface area (Å²) in [6.07, 6.45) is 5.41. The molecule has 2 aliphatic rings. The standard InChI is InChI=1S/C26H25N9O2/c1-16(36)34-11-8-17(9-12-34)15-35(23-4-2-3-20-19(23)14-28-33-20)24-7-10-27-25(32-24)29-18-5-6-21-22(13-18)31-26(37)30-21/h2-7,10,13-14,17H,8-9,11-12,15H2,1H3,(H,28,33)(H,27,29,32). The molecule has 0 unspecified atom stereocenters. The zero-order valence-electron chi connectivity index (χ0n) is 20.3. The summed E-state index contributed by atoms with van der Waals surface area (Å²) < 4.78 is 0. The van der Waals surface area contributed by atoms with E-state index in [4.69, 9.17) is 4.98 Å². The van der Waals surface area contributed by atoms with Gasteiger partial charge in [-0.2, -0.15) is 20.1 Å². The number of nitrogens with one attached hydrogen (secondary N) is 2. The third-order valence-electron chi connectivity index (χ3n) is 6.83. The number of nitrogens with zero attached hydrogens (tertiary/aromatic N) is 7. The highest BCUT2D eigenvalue weighted by Crippen LogP contribution is 2.33. The molecule has 3 amide bonds. The van der Waals surface area contributed by atoms with Crippen LogP contribution < -0.4 is 20.9 Å². The minimum absolute atomic E-state index is 0.127. The highest BCUT2D eigenvalue weighted by molar-refractivity contribution is 5.93. The summed E-state index contributed by atoms with van der Waals surface area (Å²) in [5.74, 6) is 1.69. The number of likely N-dealkylation sites (tertiary alicyclic amines) is 1. The van der Waals surface area contributed by atoms with Crippen molar-refractivity contribution in [3.8, 4) is 0 Å². The minimum Gasteiger partial charge on any atom is -0.343 e. The molecule has 37 heavy (non-hydrogen) atoms. The highest BCUT2D eigenvalue weighted by atomic mass is 16.2. The van der Waals surface area contributed by atoms with Crippen molar-refractivity contribution in [2.24, 2.45) is 15.9 Å². The van der Waals surface area contributed by atoms with Gasteiger partial charge in [0.25, 0.3) is 0 Å². The van der Waals surface area contributed by atoms with E-state index in [2.05, 4.69) is 41.4 Å². The Kier molecular flexibility index (Phi) is 5.79. The van der Waals surface area contributed by atoms with E-state index in [0.29, 0.717) is 28.3 Å². The Bertz CT molecular complexity index is 1620. The SMILES string of the molecule is CC(=O)N1CCC(CN(c2ccnc(Nc3ccc4c(c3)=NC(=O)N=4)n2)c2cccc3[nH]ncc23)CC1. The number of carbonyl (C=O) groups is 2. The number of urea groups is 1. The number of carbonyl (C=O) groups excluding carboxylic acids is 2. The molecule has 2 N–H and O–H groups in total. The van der Waals surface area contributed by atoms with Crippen molar-refractivity contribution in [3.05, 3.63) is 65.6 Å². The maximum Gasteiger partial charge on any atom is 0.368 e. The molecule has 1 saturated heterocycles. The van der Waals surface area contributed by atoms with Crippen molar-refractivity contribution < 1.29 is 9.59 Å². The third kappa shape index (κ3) is 4.63. The quantitative estimate of drug-likeness (QED) is 0.420. The fraction of sp³-hybridized carbons (Fsp3) is 0.269. The Balaban J connectivity index is 1.32. The van der Waals surface area contributed by atoms with E-state index < -0.39 is 6.03 Å². The second-order valence-electron chi connectivity index (χ2n) is 9.24. The fourth-order valence-corrected chi connectivity index (χ4v) is 4.90. The highest BCUT2D eigenvalue weighted by Gasteiger charge is 2.25. The molecule has 11 nitrogen and oxygen atoms in total. The number of hydrogen-bond acceptors (Lipinski definition) is 7. The Hall–Kier alpha value is -4.67. The van der Waals surface area contributed by atoms with Gasteiger partial charge >= 0.3 is 6.03 Å². The van der Waals surface area contributed by atoms with Crippen LogP contribution in [-0.4, -0.2) is 56.6 Å². The number of aromatic amines is 1. The molecule has 4 heterocycles. The largest absolute Gasteiger partial charge is 0.368 e. The van der Waals surface area contributed by atoms with Crippen molar-refractivity contribution in [1.29, 1.82) is 0 Å². The second kappa shape index (κ2) is 9.41. The summed E-state index contributed by atoms with van der Waals surface area (Å²) in [5.41, 5.74) is 2.66. The lowest BCUT2D eigenvalue weighted by Crippen LogP contribution is -2.40. The predicted octanol–water partition coefficient (Wildman–Crippen LogP) is 2.87. The van der Waals surface area contributed by atoms with Crippen molar-refractivity contribution in [1.82, 2.24) is 25.1 Å². The molecule has 1 fully saturated rings. The lowest BCUT2D eigenvalue weighted by molar-refractivity contribution is -0.130. The van der Waals surface area contributed by atoms with Gasteiger partial charge in [-0.1, -0.05) is 6.07 Å². The number of anilines is 4. The van der Waals surface area contributed by atoms with Crippen LogP contribution >= 0.6 is 0 Å². The first kappa shape index (κ1) is 22.8. The number of H-pyrrole nitrogens is 1. The first-order valence-electron chi connectivity index (χ1n) is 12.2. The Labute approximate surface area is 212 Å². The van der Waals surface area contributed by atoms with Crippen LogP contribution in [0.4, 0.5) is 27.9 Å². The molecule has 0 radical (unpaired) electrons. The molecular formula is C26H25N9O2. The van der Waals surface area contributed by atoms with Gasteiger partial charge in [0.2, 0.25) is 11.9 Å². The van der Waals surface area contributed by atoms with E-state index in [1.165, 1.54) is 0 Å². The van der Waals surface area contributed by atoms with Crippen LogP contribution in [-0.2, 0) is 4.79 Å². The first-order chi connectivity index (χ1) is 18.0. The Morgan fingerprint density at radius 3 is 2.81 bits per heavy atom. The van der Waals surface area contributed by atoms with Crippen LogP contribution in [0.2, 0.25) is 0 Å². The number of rotatable bonds is 6. The normalized spacial score (nSPS) is 15.3. The summed E-state index contributed by atoms with van der Waals surface area (Å²) in [5, 5.41) is 12.6. The number of hydrogen-bond donors (Lipinski definition) is 2. The number of piperidine rings is 1. The topological polar surface area (TPSA) is 132 Å².